The molecule has 194 valence electrons. The molecule has 1 atom stereocenters. The van der Waals surface area contributed by atoms with Gasteiger partial charge < -0.3 is 4.74 Å². The van der Waals surface area contributed by atoms with Crippen LogP contribution in [0.3, 0.4) is 0 Å². The van der Waals surface area contributed by atoms with Crippen molar-refractivity contribution in [2.45, 2.75) is 30.9 Å². The summed E-state index contributed by atoms with van der Waals surface area (Å²) in [5.74, 6) is 0.187. The molecule has 0 saturated heterocycles. The lowest BCUT2D eigenvalue weighted by Gasteiger charge is -2.18. The van der Waals surface area contributed by atoms with Gasteiger partial charge in [0.15, 0.2) is 0 Å². The van der Waals surface area contributed by atoms with E-state index in [1.165, 1.54) is 6.21 Å². The number of benzene rings is 4. The summed E-state index contributed by atoms with van der Waals surface area (Å²) in [4.78, 5) is 12.9. The molecule has 0 heterocycles. The van der Waals surface area contributed by atoms with Crippen molar-refractivity contribution in [1.82, 2.24) is 10.1 Å². The molecule has 38 heavy (non-hydrogen) atoms. The Morgan fingerprint density at radius 1 is 0.868 bits per heavy atom. The summed E-state index contributed by atoms with van der Waals surface area (Å²) < 4.78 is 34.6. The molecule has 0 saturated carbocycles. The van der Waals surface area contributed by atoms with Crippen LogP contribution in [-0.2, 0) is 21.4 Å². The normalized spacial score (nSPS) is 12.2. The van der Waals surface area contributed by atoms with Gasteiger partial charge in [-0.1, -0.05) is 90.5 Å². The number of hydrogen-bond donors (Lipinski definition) is 2. The van der Waals surface area contributed by atoms with E-state index in [4.69, 9.17) is 4.74 Å². The molecule has 0 spiro atoms. The predicted octanol–water partition coefficient (Wildman–Crippen LogP) is 5.13. The van der Waals surface area contributed by atoms with Crippen LogP contribution >= 0.6 is 0 Å². The summed E-state index contributed by atoms with van der Waals surface area (Å²) in [5.41, 5.74) is 5.86. The first-order valence-electron chi connectivity index (χ1n) is 12.1. The van der Waals surface area contributed by atoms with Gasteiger partial charge >= 0.3 is 0 Å². The Balaban J connectivity index is 1.42. The summed E-state index contributed by atoms with van der Waals surface area (Å²) in [5, 5.41) is 4.09. The first kappa shape index (κ1) is 26.8. The Kier molecular flexibility index (Phi) is 9.02. The SMILES string of the molecule is Cc1ccc(S(=O)(=O)N[C@H](CC(=O)N/N=C\c2ccccc2OCc2ccccc2)c2ccccc2)cc1. The number of hydrogen-bond acceptors (Lipinski definition) is 5. The Morgan fingerprint density at radius 3 is 2.21 bits per heavy atom. The molecule has 0 radical (unpaired) electrons. The van der Waals surface area contributed by atoms with Crippen LogP contribution in [-0.4, -0.2) is 20.5 Å². The minimum absolute atomic E-state index is 0.134. The van der Waals surface area contributed by atoms with E-state index in [-0.39, 0.29) is 11.3 Å². The van der Waals surface area contributed by atoms with E-state index in [1.54, 1.807) is 48.5 Å². The van der Waals surface area contributed by atoms with Crippen molar-refractivity contribution in [2.75, 3.05) is 0 Å². The number of amides is 1. The maximum atomic E-state index is 13.0. The summed E-state index contributed by atoms with van der Waals surface area (Å²) in [6.45, 7) is 2.28. The van der Waals surface area contributed by atoms with Gasteiger partial charge in [0.2, 0.25) is 15.9 Å². The first-order valence-corrected chi connectivity index (χ1v) is 13.6. The average molecular weight is 528 g/mol. The number of sulfonamides is 1. The predicted molar refractivity (Wildman–Crippen MR) is 148 cm³/mol. The number of para-hydroxylation sites is 1. The fourth-order valence-corrected chi connectivity index (χ4v) is 4.97. The highest BCUT2D eigenvalue weighted by molar-refractivity contribution is 7.89. The number of hydrazone groups is 1. The lowest BCUT2D eigenvalue weighted by molar-refractivity contribution is -0.121. The monoisotopic (exact) mass is 527 g/mol. The smallest absolute Gasteiger partial charge is 0.242 e. The van der Waals surface area contributed by atoms with Crippen LogP contribution in [0.1, 0.15) is 34.7 Å². The summed E-state index contributed by atoms with van der Waals surface area (Å²) in [7, 11) is -3.85. The Hall–Kier alpha value is -4.27. The van der Waals surface area contributed by atoms with E-state index >= 15 is 0 Å². The third-order valence-corrected chi connectivity index (χ3v) is 7.26. The zero-order chi connectivity index (χ0) is 26.8. The minimum Gasteiger partial charge on any atom is -0.488 e. The van der Waals surface area contributed by atoms with Gasteiger partial charge in [-0.05, 0) is 42.3 Å². The molecule has 0 bridgehead atoms. The zero-order valence-corrected chi connectivity index (χ0v) is 21.8. The number of nitrogens with zero attached hydrogens (tertiary/aromatic N) is 1. The van der Waals surface area contributed by atoms with Gasteiger partial charge in [0, 0.05) is 12.0 Å². The molecule has 1 amide bonds. The summed E-state index contributed by atoms with van der Waals surface area (Å²) in [6, 6.07) is 31.9. The molecule has 4 aromatic rings. The minimum atomic E-state index is -3.85. The molecule has 4 aromatic carbocycles. The Morgan fingerprint density at radius 2 is 1.50 bits per heavy atom. The van der Waals surface area contributed by atoms with Gasteiger partial charge in [-0.3, -0.25) is 4.79 Å². The Bertz CT molecular complexity index is 1470. The molecule has 4 rings (SSSR count). The van der Waals surface area contributed by atoms with Gasteiger partial charge in [-0.25, -0.2) is 18.6 Å². The van der Waals surface area contributed by atoms with E-state index in [1.807, 2.05) is 67.6 Å². The standard InChI is InChI=1S/C30H29N3O4S/c1-23-16-18-27(19-17-23)38(35,36)33-28(25-12-6-3-7-13-25)20-30(34)32-31-21-26-14-8-9-15-29(26)37-22-24-10-4-2-5-11-24/h2-19,21,28,33H,20,22H2,1H3,(H,32,34)/b31-21-/t28-/m1/s1. The quantitative estimate of drug-likeness (QED) is 0.209. The van der Waals surface area contributed by atoms with Crippen LogP contribution in [0.25, 0.3) is 0 Å². The van der Waals surface area contributed by atoms with E-state index < -0.39 is 22.0 Å². The number of carbonyl (C=O) groups excluding carboxylic acids is 1. The van der Waals surface area contributed by atoms with Gasteiger partial charge in [-0.2, -0.15) is 5.10 Å². The topological polar surface area (TPSA) is 96.9 Å². The second-order valence-corrected chi connectivity index (χ2v) is 10.4. The highest BCUT2D eigenvalue weighted by atomic mass is 32.2. The van der Waals surface area contributed by atoms with E-state index in [0.717, 1.165) is 11.1 Å². The van der Waals surface area contributed by atoms with Gasteiger partial charge in [-0.15, -0.1) is 0 Å². The number of aryl methyl sites for hydroxylation is 1. The molecule has 0 aliphatic carbocycles. The van der Waals surface area contributed by atoms with Gasteiger partial charge in [0.1, 0.15) is 12.4 Å². The Labute approximate surface area is 223 Å². The maximum absolute atomic E-state index is 13.0. The molecule has 0 unspecified atom stereocenters. The van der Waals surface area contributed by atoms with Gasteiger partial charge in [0.25, 0.3) is 0 Å². The number of carbonyl (C=O) groups is 1. The molecule has 0 aliphatic heterocycles. The third kappa shape index (κ3) is 7.61. The van der Waals surface area contributed by atoms with Crippen molar-refractivity contribution in [3.05, 3.63) is 131 Å². The van der Waals surface area contributed by atoms with Crippen molar-refractivity contribution >= 4 is 22.1 Å². The highest BCUT2D eigenvalue weighted by Crippen LogP contribution is 2.21. The van der Waals surface area contributed by atoms with Crippen molar-refractivity contribution in [3.8, 4) is 5.75 Å². The van der Waals surface area contributed by atoms with E-state index in [0.29, 0.717) is 23.5 Å². The van der Waals surface area contributed by atoms with Crippen LogP contribution in [0.15, 0.2) is 119 Å². The zero-order valence-electron chi connectivity index (χ0n) is 20.9. The number of rotatable bonds is 11. The van der Waals surface area contributed by atoms with Gasteiger partial charge in [0.05, 0.1) is 17.2 Å². The lowest BCUT2D eigenvalue weighted by Crippen LogP contribution is -2.32. The van der Waals surface area contributed by atoms with E-state index in [2.05, 4.69) is 15.2 Å². The van der Waals surface area contributed by atoms with Crippen molar-refractivity contribution < 1.29 is 17.9 Å². The summed E-state index contributed by atoms with van der Waals surface area (Å²) in [6.07, 6.45) is 1.37. The molecule has 8 heteroatoms. The first-order chi connectivity index (χ1) is 18.4. The molecule has 0 aliphatic rings. The van der Waals surface area contributed by atoms with Crippen LogP contribution in [0.4, 0.5) is 0 Å². The largest absolute Gasteiger partial charge is 0.488 e. The molecule has 0 aromatic heterocycles. The van der Waals surface area contributed by atoms with Crippen molar-refractivity contribution in [2.24, 2.45) is 5.10 Å². The summed E-state index contributed by atoms with van der Waals surface area (Å²) >= 11 is 0. The molecule has 2 N–H and O–H groups in total. The second-order valence-electron chi connectivity index (χ2n) is 8.71. The van der Waals surface area contributed by atoms with Crippen LogP contribution < -0.4 is 14.9 Å². The highest BCUT2D eigenvalue weighted by Gasteiger charge is 2.23. The fourth-order valence-electron chi connectivity index (χ4n) is 3.74. The molecular formula is C30H29N3O4S. The lowest BCUT2D eigenvalue weighted by atomic mass is 10.0. The van der Waals surface area contributed by atoms with Crippen LogP contribution in [0.5, 0.6) is 5.75 Å². The molecule has 0 fully saturated rings. The maximum Gasteiger partial charge on any atom is 0.242 e. The van der Waals surface area contributed by atoms with E-state index in [9.17, 15) is 13.2 Å². The average Bonchev–Trinajstić information content (AvgIpc) is 2.93. The van der Waals surface area contributed by atoms with Crippen molar-refractivity contribution in [3.63, 3.8) is 0 Å². The fraction of sp³-hybridized carbons (Fsp3) is 0.133. The van der Waals surface area contributed by atoms with Crippen molar-refractivity contribution in [1.29, 1.82) is 0 Å². The molecular weight excluding hydrogens is 498 g/mol. The van der Waals surface area contributed by atoms with Crippen LogP contribution in [0.2, 0.25) is 0 Å². The van der Waals surface area contributed by atoms with Crippen LogP contribution in [0, 0.1) is 6.92 Å². The molecule has 7 nitrogen and oxygen atoms in total. The second kappa shape index (κ2) is 12.8. The number of ether oxygens (including phenoxy) is 1. The number of nitrogens with one attached hydrogen (secondary N) is 2. The third-order valence-electron chi connectivity index (χ3n) is 5.77.